The minimum absolute atomic E-state index is 0.577. The van der Waals surface area contributed by atoms with Crippen LogP contribution in [0.25, 0.3) is 0 Å². The normalized spacial score (nSPS) is 29.5. The number of fused-ring (bicyclic) bond motifs is 3. The largest absolute Gasteiger partial charge is 0.312 e. The molecule has 3 aliphatic rings. The third-order valence-electron chi connectivity index (χ3n) is 4.81. The summed E-state index contributed by atoms with van der Waals surface area (Å²) < 4.78 is 1.32. The maximum Gasteiger partial charge on any atom is 0.0380 e. The first-order valence-corrected chi connectivity index (χ1v) is 9.28. The molecule has 4 rings (SSSR count). The smallest absolute Gasteiger partial charge is 0.0380 e. The highest BCUT2D eigenvalue weighted by Gasteiger charge is 2.36. The zero-order valence-electron chi connectivity index (χ0n) is 12.9. The van der Waals surface area contributed by atoms with E-state index in [1.807, 2.05) is 0 Å². The van der Waals surface area contributed by atoms with Crippen LogP contribution in [0, 0.1) is 3.57 Å². The summed E-state index contributed by atoms with van der Waals surface area (Å²) in [4.78, 5) is 5.35. The molecule has 1 N–H and O–H groups in total. The Morgan fingerprint density at radius 1 is 1.19 bits per heavy atom. The summed E-state index contributed by atoms with van der Waals surface area (Å²) in [7, 11) is 0. The monoisotopic (exact) mass is 399 g/mol. The van der Waals surface area contributed by atoms with E-state index in [-0.39, 0.29) is 0 Å². The standard InChI is InChI=1S/C17H26IN3/c1-2-7-19-16(12-14-3-5-15(18)6-4-14)17-13-20-8-10-21(17)11-9-20/h3-6,16-17,19H,2,7-13H2,1H3. The summed E-state index contributed by atoms with van der Waals surface area (Å²) >= 11 is 2.38. The van der Waals surface area contributed by atoms with E-state index in [1.54, 1.807) is 0 Å². The highest BCUT2D eigenvalue weighted by molar-refractivity contribution is 14.1. The second-order valence-electron chi connectivity index (χ2n) is 6.30. The van der Waals surface area contributed by atoms with Crippen molar-refractivity contribution >= 4 is 22.6 Å². The molecule has 0 saturated carbocycles. The lowest BCUT2D eigenvalue weighted by Crippen LogP contribution is -2.66. The molecule has 3 fully saturated rings. The van der Waals surface area contributed by atoms with Gasteiger partial charge >= 0.3 is 0 Å². The maximum atomic E-state index is 3.82. The number of halogens is 1. The fraction of sp³-hybridized carbons (Fsp3) is 0.647. The molecule has 3 aliphatic heterocycles. The van der Waals surface area contributed by atoms with E-state index >= 15 is 0 Å². The Morgan fingerprint density at radius 2 is 1.90 bits per heavy atom. The van der Waals surface area contributed by atoms with Crippen LogP contribution in [0.5, 0.6) is 0 Å². The first-order chi connectivity index (χ1) is 10.3. The first kappa shape index (κ1) is 15.7. The van der Waals surface area contributed by atoms with Crippen molar-refractivity contribution in [2.75, 3.05) is 39.3 Å². The van der Waals surface area contributed by atoms with Crippen LogP contribution in [0.4, 0.5) is 0 Å². The molecule has 21 heavy (non-hydrogen) atoms. The number of piperazine rings is 3. The fourth-order valence-electron chi connectivity index (χ4n) is 3.59. The van der Waals surface area contributed by atoms with Crippen molar-refractivity contribution in [1.29, 1.82) is 0 Å². The lowest BCUT2D eigenvalue weighted by atomic mass is 9.94. The second kappa shape index (κ2) is 7.40. The van der Waals surface area contributed by atoms with Crippen LogP contribution in [-0.4, -0.2) is 61.2 Å². The van der Waals surface area contributed by atoms with Crippen LogP contribution in [0.3, 0.4) is 0 Å². The number of rotatable bonds is 6. The third-order valence-corrected chi connectivity index (χ3v) is 5.53. The molecule has 3 heterocycles. The lowest BCUT2D eigenvalue weighted by Gasteiger charge is -2.50. The summed E-state index contributed by atoms with van der Waals surface area (Å²) in [5.41, 5.74) is 1.46. The minimum atomic E-state index is 0.577. The number of nitrogens with one attached hydrogen (secondary N) is 1. The van der Waals surface area contributed by atoms with Crippen LogP contribution < -0.4 is 5.32 Å². The molecule has 2 unspecified atom stereocenters. The summed E-state index contributed by atoms with van der Waals surface area (Å²) in [5, 5.41) is 3.82. The van der Waals surface area contributed by atoms with Crippen LogP contribution >= 0.6 is 22.6 Å². The number of hydrogen-bond acceptors (Lipinski definition) is 3. The van der Waals surface area contributed by atoms with Gasteiger partial charge in [0.1, 0.15) is 0 Å². The third kappa shape index (κ3) is 3.97. The van der Waals surface area contributed by atoms with Gasteiger partial charge in [-0.05, 0) is 59.7 Å². The van der Waals surface area contributed by atoms with E-state index in [4.69, 9.17) is 0 Å². The summed E-state index contributed by atoms with van der Waals surface area (Å²) in [5.74, 6) is 0. The maximum absolute atomic E-state index is 3.82. The van der Waals surface area contributed by atoms with Gasteiger partial charge in [-0.25, -0.2) is 0 Å². The van der Waals surface area contributed by atoms with E-state index in [2.05, 4.69) is 68.9 Å². The lowest BCUT2D eigenvalue weighted by molar-refractivity contribution is -0.00309. The molecule has 0 amide bonds. The molecule has 3 saturated heterocycles. The second-order valence-corrected chi connectivity index (χ2v) is 7.54. The molecule has 0 radical (unpaired) electrons. The van der Waals surface area contributed by atoms with E-state index in [1.165, 1.54) is 48.3 Å². The van der Waals surface area contributed by atoms with Crippen LogP contribution in [-0.2, 0) is 6.42 Å². The Hall–Kier alpha value is -0.170. The average molecular weight is 399 g/mol. The number of nitrogens with zero attached hydrogens (tertiary/aromatic N) is 2. The molecule has 4 heteroatoms. The Bertz CT molecular complexity index is 440. The molecular formula is C17H26IN3. The van der Waals surface area contributed by atoms with Crippen molar-refractivity contribution in [3.63, 3.8) is 0 Å². The van der Waals surface area contributed by atoms with Gasteiger partial charge in [-0.15, -0.1) is 0 Å². The molecule has 0 aliphatic carbocycles. The molecule has 2 bridgehead atoms. The predicted octanol–water partition coefficient (Wildman–Crippen LogP) is 2.20. The Kier molecular flexibility index (Phi) is 5.54. The van der Waals surface area contributed by atoms with Crippen LogP contribution in [0.2, 0.25) is 0 Å². The van der Waals surface area contributed by atoms with E-state index < -0.39 is 0 Å². The van der Waals surface area contributed by atoms with Crippen molar-refractivity contribution < 1.29 is 0 Å². The van der Waals surface area contributed by atoms with Gasteiger partial charge in [0, 0.05) is 48.4 Å². The van der Waals surface area contributed by atoms with Crippen molar-refractivity contribution in [2.45, 2.75) is 31.8 Å². The van der Waals surface area contributed by atoms with Gasteiger partial charge in [0.25, 0.3) is 0 Å². The number of hydrogen-bond donors (Lipinski definition) is 1. The van der Waals surface area contributed by atoms with Crippen molar-refractivity contribution in [3.8, 4) is 0 Å². The SMILES string of the molecule is CCCNC(Cc1ccc(I)cc1)C1CN2CCN1CC2. The van der Waals surface area contributed by atoms with Crippen molar-refractivity contribution in [2.24, 2.45) is 0 Å². The minimum Gasteiger partial charge on any atom is -0.312 e. The predicted molar refractivity (Wildman–Crippen MR) is 96.7 cm³/mol. The molecule has 3 nitrogen and oxygen atoms in total. The molecule has 0 spiro atoms. The van der Waals surface area contributed by atoms with Gasteiger partial charge in [0.15, 0.2) is 0 Å². The van der Waals surface area contributed by atoms with Gasteiger partial charge in [-0.3, -0.25) is 9.80 Å². The van der Waals surface area contributed by atoms with Crippen LogP contribution in [0.1, 0.15) is 18.9 Å². The quantitative estimate of drug-likeness (QED) is 0.741. The Balaban J connectivity index is 1.69. The van der Waals surface area contributed by atoms with Crippen LogP contribution in [0.15, 0.2) is 24.3 Å². The zero-order chi connectivity index (χ0) is 14.7. The zero-order valence-corrected chi connectivity index (χ0v) is 15.1. The number of benzene rings is 1. The summed E-state index contributed by atoms with van der Waals surface area (Å²) in [6.07, 6.45) is 2.35. The molecular weight excluding hydrogens is 373 g/mol. The topological polar surface area (TPSA) is 18.5 Å². The Morgan fingerprint density at radius 3 is 2.48 bits per heavy atom. The highest BCUT2D eigenvalue weighted by Crippen LogP contribution is 2.21. The highest BCUT2D eigenvalue weighted by atomic mass is 127. The van der Waals surface area contributed by atoms with Gasteiger partial charge < -0.3 is 5.32 Å². The van der Waals surface area contributed by atoms with Gasteiger partial charge in [0.2, 0.25) is 0 Å². The Labute approximate surface area is 142 Å². The van der Waals surface area contributed by atoms with E-state index in [0.717, 1.165) is 13.0 Å². The summed E-state index contributed by atoms with van der Waals surface area (Å²) in [6, 6.07) is 10.3. The van der Waals surface area contributed by atoms with Crippen molar-refractivity contribution in [3.05, 3.63) is 33.4 Å². The molecule has 2 atom stereocenters. The molecule has 116 valence electrons. The van der Waals surface area contributed by atoms with Gasteiger partial charge in [-0.1, -0.05) is 19.1 Å². The summed E-state index contributed by atoms with van der Waals surface area (Å²) in [6.45, 7) is 9.65. The molecule has 1 aromatic carbocycles. The fourth-order valence-corrected chi connectivity index (χ4v) is 3.95. The molecule has 0 aromatic heterocycles. The first-order valence-electron chi connectivity index (χ1n) is 8.20. The van der Waals surface area contributed by atoms with Crippen molar-refractivity contribution in [1.82, 2.24) is 15.1 Å². The average Bonchev–Trinajstić information content (AvgIpc) is 2.54. The van der Waals surface area contributed by atoms with E-state index in [0.29, 0.717) is 12.1 Å². The van der Waals surface area contributed by atoms with Gasteiger partial charge in [0.05, 0.1) is 0 Å². The van der Waals surface area contributed by atoms with E-state index in [9.17, 15) is 0 Å². The van der Waals surface area contributed by atoms with Gasteiger partial charge in [-0.2, -0.15) is 0 Å². The molecule has 1 aromatic rings.